The molecule has 0 aliphatic heterocycles. The Labute approximate surface area is 96.8 Å². The Bertz CT molecular complexity index is 484. The molecule has 0 radical (unpaired) electrons. The summed E-state index contributed by atoms with van der Waals surface area (Å²) < 4.78 is 35.4. The summed E-state index contributed by atoms with van der Waals surface area (Å²) in [5, 5.41) is -0.855. The number of aryl methyl sites for hydroxylation is 1. The smallest absolute Gasteiger partial charge is 0.195 e. The van der Waals surface area contributed by atoms with E-state index in [4.69, 9.17) is 0 Å². The summed E-state index contributed by atoms with van der Waals surface area (Å²) in [7, 11) is -4.39. The summed E-state index contributed by atoms with van der Waals surface area (Å²) in [6.45, 7) is 0. The maximum absolute atomic E-state index is 12.8. The molecule has 0 aromatic heterocycles. The minimum absolute atomic E-state index is 0.293. The van der Waals surface area contributed by atoms with Crippen LogP contribution >= 0.6 is 15.9 Å². The lowest BCUT2D eigenvalue weighted by Gasteiger charge is -2.21. The summed E-state index contributed by atoms with van der Waals surface area (Å²) >= 11 is 3.35. The van der Waals surface area contributed by atoms with Gasteiger partial charge in [0.2, 0.25) is 0 Å². The van der Waals surface area contributed by atoms with Crippen LogP contribution in [0.5, 0.6) is 0 Å². The molecular formula is C10H10BrFO2S. The van der Waals surface area contributed by atoms with E-state index in [0.29, 0.717) is 19.3 Å². The predicted octanol–water partition coefficient (Wildman–Crippen LogP) is 2.61. The average Bonchev–Trinajstić information content (AvgIpc) is 2.15. The van der Waals surface area contributed by atoms with Crippen molar-refractivity contribution >= 4 is 26.2 Å². The third kappa shape index (κ3) is 2.39. The highest BCUT2D eigenvalue weighted by Gasteiger charge is 2.29. The van der Waals surface area contributed by atoms with Crippen molar-refractivity contribution in [1.29, 1.82) is 0 Å². The van der Waals surface area contributed by atoms with E-state index in [9.17, 15) is 12.3 Å². The van der Waals surface area contributed by atoms with Crippen molar-refractivity contribution in [2.24, 2.45) is 0 Å². The van der Waals surface area contributed by atoms with Crippen molar-refractivity contribution in [1.82, 2.24) is 0 Å². The van der Waals surface area contributed by atoms with E-state index in [1.807, 2.05) is 18.2 Å². The van der Waals surface area contributed by atoms with E-state index >= 15 is 0 Å². The van der Waals surface area contributed by atoms with Gasteiger partial charge < -0.3 is 0 Å². The zero-order chi connectivity index (χ0) is 11.1. The van der Waals surface area contributed by atoms with Gasteiger partial charge in [-0.05, 0) is 42.5 Å². The fourth-order valence-corrected chi connectivity index (χ4v) is 3.12. The molecule has 1 unspecified atom stereocenters. The molecule has 0 bridgehead atoms. The minimum atomic E-state index is -4.39. The zero-order valence-corrected chi connectivity index (χ0v) is 10.3. The highest BCUT2D eigenvalue weighted by atomic mass is 79.9. The number of rotatable bonds is 1. The van der Waals surface area contributed by atoms with Crippen LogP contribution < -0.4 is 0 Å². The van der Waals surface area contributed by atoms with Gasteiger partial charge >= 0.3 is 10.2 Å². The number of halogens is 2. The molecular weight excluding hydrogens is 283 g/mol. The van der Waals surface area contributed by atoms with Crippen molar-refractivity contribution in [3.8, 4) is 0 Å². The molecule has 2 rings (SSSR count). The Kier molecular flexibility index (Phi) is 2.85. The summed E-state index contributed by atoms with van der Waals surface area (Å²) in [6.07, 6.45) is 1.30. The third-order valence-electron chi connectivity index (χ3n) is 2.75. The van der Waals surface area contributed by atoms with Gasteiger partial charge in [-0.1, -0.05) is 22.0 Å². The first-order chi connectivity index (χ1) is 6.97. The van der Waals surface area contributed by atoms with Gasteiger partial charge in [-0.15, -0.1) is 3.89 Å². The van der Waals surface area contributed by atoms with E-state index in [2.05, 4.69) is 15.9 Å². The van der Waals surface area contributed by atoms with Crippen LogP contribution in [0.2, 0.25) is 0 Å². The van der Waals surface area contributed by atoms with Crippen LogP contribution in [0.25, 0.3) is 0 Å². The number of fused-ring (bicyclic) bond motifs is 1. The van der Waals surface area contributed by atoms with E-state index in [1.54, 1.807) is 0 Å². The van der Waals surface area contributed by atoms with E-state index < -0.39 is 15.5 Å². The standard InChI is InChI=1S/C10H10BrFO2S/c11-9-3-1-8-6-10(15(12,13)14)4-2-7(8)5-9/h1,3,5,10H,2,4,6H2. The minimum Gasteiger partial charge on any atom is -0.195 e. The molecule has 2 nitrogen and oxygen atoms in total. The highest BCUT2D eigenvalue weighted by Crippen LogP contribution is 2.28. The van der Waals surface area contributed by atoms with Crippen LogP contribution in [-0.2, 0) is 23.1 Å². The Balaban J connectivity index is 2.32. The lowest BCUT2D eigenvalue weighted by Crippen LogP contribution is -2.25. The molecule has 15 heavy (non-hydrogen) atoms. The molecule has 0 saturated heterocycles. The second kappa shape index (κ2) is 3.87. The molecule has 5 heteroatoms. The lowest BCUT2D eigenvalue weighted by molar-refractivity contribution is 0.518. The lowest BCUT2D eigenvalue weighted by atomic mass is 9.91. The third-order valence-corrected chi connectivity index (χ3v) is 4.44. The molecule has 1 atom stereocenters. The monoisotopic (exact) mass is 292 g/mol. The van der Waals surface area contributed by atoms with Gasteiger partial charge in [-0.25, -0.2) is 0 Å². The first-order valence-electron chi connectivity index (χ1n) is 4.67. The van der Waals surface area contributed by atoms with Crippen molar-refractivity contribution in [3.63, 3.8) is 0 Å². The molecule has 0 heterocycles. The predicted molar refractivity (Wildman–Crippen MR) is 60.0 cm³/mol. The Morgan fingerprint density at radius 3 is 2.73 bits per heavy atom. The van der Waals surface area contributed by atoms with Crippen LogP contribution in [0.3, 0.4) is 0 Å². The molecule has 0 saturated carbocycles. The average molecular weight is 293 g/mol. The number of hydrogen-bond acceptors (Lipinski definition) is 2. The van der Waals surface area contributed by atoms with Crippen molar-refractivity contribution in [3.05, 3.63) is 33.8 Å². The molecule has 1 aliphatic carbocycles. The van der Waals surface area contributed by atoms with Crippen LogP contribution in [0.4, 0.5) is 3.89 Å². The molecule has 0 N–H and O–H groups in total. The molecule has 0 spiro atoms. The first kappa shape index (κ1) is 11.1. The second-order valence-electron chi connectivity index (χ2n) is 3.75. The van der Waals surface area contributed by atoms with Crippen molar-refractivity contribution in [2.45, 2.75) is 24.5 Å². The number of hydrogen-bond donors (Lipinski definition) is 0. The first-order valence-corrected chi connectivity index (χ1v) is 6.91. The molecule has 0 amide bonds. The van der Waals surface area contributed by atoms with E-state index in [0.717, 1.165) is 15.6 Å². The van der Waals surface area contributed by atoms with Gasteiger partial charge in [0.15, 0.2) is 0 Å². The van der Waals surface area contributed by atoms with Crippen LogP contribution in [-0.4, -0.2) is 13.7 Å². The summed E-state index contributed by atoms with van der Waals surface area (Å²) in [5.74, 6) is 0. The Morgan fingerprint density at radius 1 is 1.33 bits per heavy atom. The second-order valence-corrected chi connectivity index (χ2v) is 6.29. The SMILES string of the molecule is O=S(=O)(F)C1CCc2cc(Br)ccc2C1. The largest absolute Gasteiger partial charge is 0.305 e. The Morgan fingerprint density at radius 2 is 2.07 bits per heavy atom. The van der Waals surface area contributed by atoms with Crippen molar-refractivity contribution < 1.29 is 12.3 Å². The molecule has 82 valence electrons. The number of benzene rings is 1. The summed E-state index contributed by atoms with van der Waals surface area (Å²) in [4.78, 5) is 0. The maximum Gasteiger partial charge on any atom is 0.305 e. The van der Waals surface area contributed by atoms with Gasteiger partial charge in [-0.3, -0.25) is 0 Å². The molecule has 1 aliphatic rings. The quantitative estimate of drug-likeness (QED) is 0.746. The Hall–Kier alpha value is -0.420. The summed E-state index contributed by atoms with van der Waals surface area (Å²) in [6, 6.07) is 5.68. The highest BCUT2D eigenvalue weighted by molar-refractivity contribution is 9.10. The normalized spacial score (nSPS) is 21.1. The van der Waals surface area contributed by atoms with Gasteiger partial charge in [0.05, 0.1) is 5.25 Å². The maximum atomic E-state index is 12.8. The fourth-order valence-electron chi connectivity index (χ4n) is 1.93. The van der Waals surface area contributed by atoms with Crippen LogP contribution in [0.1, 0.15) is 17.5 Å². The topological polar surface area (TPSA) is 34.1 Å². The zero-order valence-electron chi connectivity index (χ0n) is 7.91. The van der Waals surface area contributed by atoms with Gasteiger partial charge in [0, 0.05) is 4.47 Å². The van der Waals surface area contributed by atoms with Crippen molar-refractivity contribution in [2.75, 3.05) is 0 Å². The van der Waals surface area contributed by atoms with Gasteiger partial charge in [-0.2, -0.15) is 8.42 Å². The fraction of sp³-hybridized carbons (Fsp3) is 0.400. The van der Waals surface area contributed by atoms with Gasteiger partial charge in [0.1, 0.15) is 0 Å². The molecule has 1 aromatic rings. The summed E-state index contributed by atoms with van der Waals surface area (Å²) in [5.41, 5.74) is 2.06. The van der Waals surface area contributed by atoms with Gasteiger partial charge in [0.25, 0.3) is 0 Å². The molecule has 1 aromatic carbocycles. The van der Waals surface area contributed by atoms with Crippen LogP contribution in [0, 0.1) is 0 Å². The van der Waals surface area contributed by atoms with E-state index in [-0.39, 0.29) is 0 Å². The van der Waals surface area contributed by atoms with E-state index in [1.165, 1.54) is 0 Å². The van der Waals surface area contributed by atoms with Crippen LogP contribution in [0.15, 0.2) is 22.7 Å². The molecule has 0 fully saturated rings.